The molecule has 0 aromatic heterocycles. The van der Waals surface area contributed by atoms with Crippen LogP contribution in [-0.4, -0.2) is 0 Å². The molecule has 2 nitrogen and oxygen atoms in total. The zero-order valence-electron chi connectivity index (χ0n) is 9.91. The summed E-state index contributed by atoms with van der Waals surface area (Å²) in [6.07, 6.45) is 0. The van der Waals surface area contributed by atoms with Crippen molar-refractivity contribution in [3.05, 3.63) is 59.2 Å². The molecule has 0 amide bonds. The average molecular weight is 249 g/mol. The van der Waals surface area contributed by atoms with Gasteiger partial charge in [-0.1, -0.05) is 12.1 Å². The number of para-hydroxylation sites is 1. The van der Waals surface area contributed by atoms with Crippen molar-refractivity contribution >= 4 is 0 Å². The third-order valence-electron chi connectivity index (χ3n) is 2.66. The minimum atomic E-state index is -0.488. The number of rotatable bonds is 3. The summed E-state index contributed by atoms with van der Waals surface area (Å²) in [7, 11) is 0. The van der Waals surface area contributed by atoms with Gasteiger partial charge in [-0.2, -0.15) is 0 Å². The highest BCUT2D eigenvalue weighted by Gasteiger charge is 2.09. The number of hydrogen-bond donors (Lipinski definition) is 1. The summed E-state index contributed by atoms with van der Waals surface area (Å²) in [6, 6.07) is 8.83. The Morgan fingerprint density at radius 2 is 1.83 bits per heavy atom. The van der Waals surface area contributed by atoms with Crippen LogP contribution in [0.15, 0.2) is 36.4 Å². The number of nitrogens with two attached hydrogens (primary N) is 1. The summed E-state index contributed by atoms with van der Waals surface area (Å²) in [6.45, 7) is 1.86. The summed E-state index contributed by atoms with van der Waals surface area (Å²) in [4.78, 5) is 0. The lowest BCUT2D eigenvalue weighted by Crippen LogP contribution is -2.03. The number of benzene rings is 2. The lowest BCUT2D eigenvalue weighted by Gasteiger charge is -2.10. The predicted molar refractivity (Wildman–Crippen MR) is 65.5 cm³/mol. The SMILES string of the molecule is Cc1cc(Oc2ccccc2F)cc(F)c1CN. The zero-order valence-corrected chi connectivity index (χ0v) is 9.91. The zero-order chi connectivity index (χ0) is 13.1. The van der Waals surface area contributed by atoms with Crippen LogP contribution in [0.3, 0.4) is 0 Å². The highest BCUT2D eigenvalue weighted by atomic mass is 19.1. The van der Waals surface area contributed by atoms with E-state index in [2.05, 4.69) is 0 Å². The normalized spacial score (nSPS) is 10.4. The van der Waals surface area contributed by atoms with Crippen LogP contribution in [0.25, 0.3) is 0 Å². The van der Waals surface area contributed by atoms with Gasteiger partial charge in [0.2, 0.25) is 0 Å². The minimum absolute atomic E-state index is 0.0665. The molecule has 0 aliphatic rings. The lowest BCUT2D eigenvalue weighted by atomic mass is 10.1. The maximum atomic E-state index is 13.7. The first kappa shape index (κ1) is 12.5. The molecule has 2 aromatic rings. The monoisotopic (exact) mass is 249 g/mol. The van der Waals surface area contributed by atoms with Gasteiger partial charge < -0.3 is 10.5 Å². The summed E-state index contributed by atoms with van der Waals surface area (Å²) < 4.78 is 32.4. The van der Waals surface area contributed by atoms with Crippen LogP contribution in [0.5, 0.6) is 11.5 Å². The average Bonchev–Trinajstić information content (AvgIpc) is 2.32. The van der Waals surface area contributed by atoms with Crippen LogP contribution in [0.4, 0.5) is 8.78 Å². The van der Waals surface area contributed by atoms with E-state index in [-0.39, 0.29) is 18.0 Å². The van der Waals surface area contributed by atoms with Gasteiger partial charge in [-0.05, 0) is 30.7 Å². The molecule has 0 atom stereocenters. The van der Waals surface area contributed by atoms with Crippen molar-refractivity contribution in [2.45, 2.75) is 13.5 Å². The Kier molecular flexibility index (Phi) is 3.58. The summed E-state index contributed by atoms with van der Waals surface area (Å²) >= 11 is 0. The molecule has 0 heterocycles. The Labute approximate surface area is 104 Å². The van der Waals surface area contributed by atoms with Crippen LogP contribution >= 0.6 is 0 Å². The molecule has 4 heteroatoms. The topological polar surface area (TPSA) is 35.2 Å². The van der Waals surface area contributed by atoms with Gasteiger partial charge in [0.1, 0.15) is 11.6 Å². The van der Waals surface area contributed by atoms with E-state index in [0.29, 0.717) is 11.1 Å². The Bertz CT molecular complexity index is 546. The molecule has 0 bridgehead atoms. The van der Waals surface area contributed by atoms with Gasteiger partial charge in [-0.25, -0.2) is 8.78 Å². The molecule has 0 fully saturated rings. The molecule has 0 saturated carbocycles. The second-order valence-corrected chi connectivity index (χ2v) is 3.94. The predicted octanol–water partition coefficient (Wildman–Crippen LogP) is 3.52. The first-order valence-electron chi connectivity index (χ1n) is 5.53. The van der Waals surface area contributed by atoms with Crippen molar-refractivity contribution in [1.82, 2.24) is 0 Å². The Hall–Kier alpha value is -1.94. The third-order valence-corrected chi connectivity index (χ3v) is 2.66. The Morgan fingerprint density at radius 1 is 1.11 bits per heavy atom. The minimum Gasteiger partial charge on any atom is -0.454 e. The molecular weight excluding hydrogens is 236 g/mol. The standard InChI is InChI=1S/C14H13F2NO/c1-9-6-10(7-13(16)11(9)8-17)18-14-5-3-2-4-12(14)15/h2-7H,8,17H2,1H3. The van der Waals surface area contributed by atoms with Crippen molar-refractivity contribution in [2.75, 3.05) is 0 Å². The fourth-order valence-electron chi connectivity index (χ4n) is 1.71. The lowest BCUT2D eigenvalue weighted by molar-refractivity contribution is 0.437. The molecule has 94 valence electrons. The number of halogens is 2. The smallest absolute Gasteiger partial charge is 0.165 e. The van der Waals surface area contributed by atoms with Gasteiger partial charge in [-0.15, -0.1) is 0 Å². The van der Waals surface area contributed by atoms with Crippen molar-refractivity contribution in [3.63, 3.8) is 0 Å². The van der Waals surface area contributed by atoms with Crippen LogP contribution in [0, 0.1) is 18.6 Å². The van der Waals surface area contributed by atoms with E-state index in [0.717, 1.165) is 0 Å². The van der Waals surface area contributed by atoms with E-state index in [1.54, 1.807) is 25.1 Å². The Morgan fingerprint density at radius 3 is 2.44 bits per heavy atom. The molecule has 0 saturated heterocycles. The van der Waals surface area contributed by atoms with Gasteiger partial charge in [0.05, 0.1) is 0 Å². The van der Waals surface area contributed by atoms with Crippen LogP contribution < -0.4 is 10.5 Å². The van der Waals surface area contributed by atoms with E-state index < -0.39 is 11.6 Å². The van der Waals surface area contributed by atoms with Crippen LogP contribution in [0.1, 0.15) is 11.1 Å². The van der Waals surface area contributed by atoms with E-state index in [9.17, 15) is 8.78 Å². The van der Waals surface area contributed by atoms with Crippen molar-refractivity contribution < 1.29 is 13.5 Å². The quantitative estimate of drug-likeness (QED) is 0.903. The maximum Gasteiger partial charge on any atom is 0.165 e. The highest BCUT2D eigenvalue weighted by molar-refractivity contribution is 5.39. The largest absolute Gasteiger partial charge is 0.454 e. The molecule has 2 aromatic carbocycles. The summed E-state index contributed by atoms with van der Waals surface area (Å²) in [5.74, 6) is -0.605. The second kappa shape index (κ2) is 5.14. The molecular formula is C14H13F2NO. The molecule has 0 aliphatic carbocycles. The van der Waals surface area contributed by atoms with Crippen LogP contribution in [-0.2, 0) is 6.54 Å². The van der Waals surface area contributed by atoms with E-state index in [4.69, 9.17) is 10.5 Å². The number of ether oxygens (including phenoxy) is 1. The first-order chi connectivity index (χ1) is 8.61. The molecule has 0 spiro atoms. The van der Waals surface area contributed by atoms with Gasteiger partial charge in [-0.3, -0.25) is 0 Å². The highest BCUT2D eigenvalue weighted by Crippen LogP contribution is 2.27. The van der Waals surface area contributed by atoms with Gasteiger partial charge >= 0.3 is 0 Å². The van der Waals surface area contributed by atoms with Crippen LogP contribution in [0.2, 0.25) is 0 Å². The number of aryl methyl sites for hydroxylation is 1. The van der Waals surface area contributed by atoms with Crippen molar-refractivity contribution in [3.8, 4) is 11.5 Å². The van der Waals surface area contributed by atoms with Crippen molar-refractivity contribution in [2.24, 2.45) is 5.73 Å². The first-order valence-corrected chi connectivity index (χ1v) is 5.53. The second-order valence-electron chi connectivity index (χ2n) is 3.94. The van der Waals surface area contributed by atoms with E-state index in [1.807, 2.05) is 0 Å². The van der Waals surface area contributed by atoms with E-state index in [1.165, 1.54) is 18.2 Å². The molecule has 18 heavy (non-hydrogen) atoms. The van der Waals surface area contributed by atoms with Gasteiger partial charge in [0.15, 0.2) is 11.6 Å². The van der Waals surface area contributed by atoms with E-state index >= 15 is 0 Å². The maximum absolute atomic E-state index is 13.7. The molecule has 0 unspecified atom stereocenters. The fourth-order valence-corrected chi connectivity index (χ4v) is 1.71. The molecule has 0 aliphatic heterocycles. The summed E-state index contributed by atoms with van der Waals surface area (Å²) in [5.41, 5.74) is 6.56. The molecule has 2 rings (SSSR count). The van der Waals surface area contributed by atoms with Gasteiger partial charge in [0.25, 0.3) is 0 Å². The third kappa shape index (κ3) is 2.49. The van der Waals surface area contributed by atoms with Crippen molar-refractivity contribution in [1.29, 1.82) is 0 Å². The number of hydrogen-bond acceptors (Lipinski definition) is 2. The molecule has 0 radical (unpaired) electrons. The van der Waals surface area contributed by atoms with Gasteiger partial charge in [0, 0.05) is 18.2 Å². The summed E-state index contributed by atoms with van der Waals surface area (Å²) in [5, 5.41) is 0. The fraction of sp³-hybridized carbons (Fsp3) is 0.143. The Balaban J connectivity index is 2.34. The molecule has 2 N–H and O–H groups in total.